The second-order valence-corrected chi connectivity index (χ2v) is 10.1. The zero-order valence-electron chi connectivity index (χ0n) is 19.0. The van der Waals surface area contributed by atoms with Crippen LogP contribution in [-0.4, -0.2) is 25.8 Å². The van der Waals surface area contributed by atoms with Crippen molar-refractivity contribution in [3.05, 3.63) is 11.3 Å². The third-order valence-electron chi connectivity index (χ3n) is 5.85. The smallest absolute Gasteiger partial charge is 0.461 e. The molecule has 0 radical (unpaired) electrons. The minimum atomic E-state index is -3.65. The highest BCUT2D eigenvalue weighted by atomic mass is 31.2. The first-order valence-electron chi connectivity index (χ1n) is 12.0. The van der Waals surface area contributed by atoms with Crippen LogP contribution in [0.4, 0.5) is 0 Å². The molecular weight excluding hydrogens is 403 g/mol. The van der Waals surface area contributed by atoms with Crippen LogP contribution in [-0.2, 0) is 27.7 Å². The van der Waals surface area contributed by atoms with Crippen LogP contribution in [0, 0.1) is 5.92 Å². The van der Waals surface area contributed by atoms with Crippen LogP contribution in [0.15, 0.2) is 11.3 Å². The Bertz CT molecular complexity index is 588. The topological polar surface area (TPSA) is 71.1 Å². The summed E-state index contributed by atoms with van der Waals surface area (Å²) in [7, 11) is -3.65. The maximum atomic E-state index is 12.7. The third-order valence-corrected chi connectivity index (χ3v) is 7.31. The zero-order chi connectivity index (χ0) is 21.7. The van der Waals surface area contributed by atoms with Gasteiger partial charge in [0.2, 0.25) is 0 Å². The van der Waals surface area contributed by atoms with E-state index >= 15 is 0 Å². The Morgan fingerprint density at radius 2 is 1.40 bits per heavy atom. The lowest BCUT2D eigenvalue weighted by atomic mass is 10.0. The quantitative estimate of drug-likeness (QED) is 0.144. The molecule has 1 fully saturated rings. The monoisotopic (exact) mass is 444 g/mol. The van der Waals surface area contributed by atoms with E-state index in [0.29, 0.717) is 17.9 Å². The number of cyclic esters (lactones) is 1. The number of ether oxygens (including phenoxy) is 1. The van der Waals surface area contributed by atoms with Gasteiger partial charge in [0.1, 0.15) is 12.4 Å². The van der Waals surface area contributed by atoms with E-state index in [2.05, 4.69) is 6.92 Å². The van der Waals surface area contributed by atoms with Crippen LogP contribution in [0.5, 0.6) is 0 Å². The van der Waals surface area contributed by atoms with Gasteiger partial charge in [0.15, 0.2) is 0 Å². The summed E-state index contributed by atoms with van der Waals surface area (Å²) in [6.45, 7) is 4.58. The molecule has 2 rings (SSSR count). The fraction of sp³-hybridized carbons (Fsp3) is 0.870. The molecule has 0 spiro atoms. The molecule has 0 saturated carbocycles. The predicted molar refractivity (Wildman–Crippen MR) is 118 cm³/mol. The van der Waals surface area contributed by atoms with Crippen LogP contribution in [0.2, 0.25) is 0 Å². The summed E-state index contributed by atoms with van der Waals surface area (Å²) in [4.78, 5) is 11.7. The summed E-state index contributed by atoms with van der Waals surface area (Å²) in [5.41, 5.74) is 0.424. The van der Waals surface area contributed by atoms with Gasteiger partial charge in [-0.2, -0.15) is 0 Å². The molecule has 0 aromatic rings. The lowest BCUT2D eigenvalue weighted by molar-refractivity contribution is -0.135. The van der Waals surface area contributed by atoms with E-state index in [-0.39, 0.29) is 19.1 Å². The van der Waals surface area contributed by atoms with Crippen molar-refractivity contribution in [2.24, 2.45) is 5.92 Å². The summed E-state index contributed by atoms with van der Waals surface area (Å²) in [5, 5.41) is 0. The maximum absolute atomic E-state index is 12.7. The molecule has 0 aromatic heterocycles. The molecule has 2 atom stereocenters. The fourth-order valence-corrected chi connectivity index (χ4v) is 5.36. The SMILES string of the molecule is CCCCCCCCCCCCCCCCO[P@@]1(=O)OC[C@H]2COC(=O)C2=C(C)O1. The van der Waals surface area contributed by atoms with Gasteiger partial charge in [0.25, 0.3) is 0 Å². The summed E-state index contributed by atoms with van der Waals surface area (Å²) < 4.78 is 33.9. The number of phosphoric ester groups is 1. The van der Waals surface area contributed by atoms with Crippen LogP contribution in [0.1, 0.15) is 104 Å². The number of carbonyl (C=O) groups is 1. The number of unbranched alkanes of at least 4 members (excludes halogenated alkanes) is 13. The molecule has 2 aliphatic rings. The van der Waals surface area contributed by atoms with Gasteiger partial charge in [0, 0.05) is 0 Å². The van der Waals surface area contributed by atoms with Gasteiger partial charge in [-0.15, -0.1) is 0 Å². The minimum absolute atomic E-state index is 0.119. The maximum Gasteiger partial charge on any atom is 0.529 e. The van der Waals surface area contributed by atoms with Crippen molar-refractivity contribution in [1.82, 2.24) is 0 Å². The second kappa shape index (κ2) is 14.3. The molecule has 6 nitrogen and oxygen atoms in total. The Morgan fingerprint density at radius 3 is 1.97 bits per heavy atom. The first-order valence-corrected chi connectivity index (χ1v) is 13.5. The average Bonchev–Trinajstić information content (AvgIpc) is 3.04. The van der Waals surface area contributed by atoms with Crippen molar-refractivity contribution < 1.29 is 27.7 Å². The highest BCUT2D eigenvalue weighted by Crippen LogP contribution is 2.54. The Labute approximate surface area is 182 Å². The van der Waals surface area contributed by atoms with Crippen molar-refractivity contribution in [3.8, 4) is 0 Å². The van der Waals surface area contributed by atoms with E-state index < -0.39 is 13.8 Å². The summed E-state index contributed by atoms with van der Waals surface area (Å²) >= 11 is 0. The molecule has 7 heteroatoms. The van der Waals surface area contributed by atoms with E-state index in [1.807, 2.05) is 0 Å². The molecule has 2 heterocycles. The van der Waals surface area contributed by atoms with Crippen LogP contribution < -0.4 is 0 Å². The average molecular weight is 445 g/mol. The van der Waals surface area contributed by atoms with Gasteiger partial charge >= 0.3 is 13.8 Å². The number of hydrogen-bond acceptors (Lipinski definition) is 6. The standard InChI is InChI=1S/C23H41O6P/c1-3-4-5-6-7-8-9-10-11-12-13-14-15-16-17-27-30(25)28-19-21-18-26-23(24)22(21)20(2)29-30/h21H,3-19H2,1-2H3/t21-,30+/m1/s1. The molecule has 1 saturated heterocycles. The number of rotatable bonds is 16. The molecule has 0 unspecified atom stereocenters. The minimum Gasteiger partial charge on any atom is -0.461 e. The predicted octanol–water partition coefficient (Wildman–Crippen LogP) is 7.09. The van der Waals surface area contributed by atoms with Crippen molar-refractivity contribution in [3.63, 3.8) is 0 Å². The molecule has 2 aliphatic heterocycles. The van der Waals surface area contributed by atoms with E-state index in [0.717, 1.165) is 12.8 Å². The van der Waals surface area contributed by atoms with Crippen molar-refractivity contribution in [1.29, 1.82) is 0 Å². The van der Waals surface area contributed by atoms with Gasteiger partial charge < -0.3 is 9.26 Å². The van der Waals surface area contributed by atoms with E-state index in [1.54, 1.807) is 6.92 Å². The van der Waals surface area contributed by atoms with Gasteiger partial charge in [-0.1, -0.05) is 90.4 Å². The van der Waals surface area contributed by atoms with Gasteiger partial charge in [-0.3, -0.25) is 9.05 Å². The molecule has 0 bridgehead atoms. The molecule has 0 N–H and O–H groups in total. The number of phosphoric acid groups is 1. The zero-order valence-corrected chi connectivity index (χ0v) is 19.9. The van der Waals surface area contributed by atoms with Crippen molar-refractivity contribution in [2.45, 2.75) is 104 Å². The molecular formula is C23H41O6P. The van der Waals surface area contributed by atoms with E-state index in [4.69, 9.17) is 18.3 Å². The first-order chi connectivity index (χ1) is 14.6. The molecule has 174 valence electrons. The molecule has 0 aromatic carbocycles. The Kier molecular flexibility index (Phi) is 12.1. The molecule has 0 amide bonds. The number of fused-ring (bicyclic) bond motifs is 1. The normalized spacial score (nSPS) is 23.8. The number of allylic oxidation sites excluding steroid dienone is 1. The summed E-state index contributed by atoms with van der Waals surface area (Å²) in [6.07, 6.45) is 18.0. The number of esters is 1. The van der Waals surface area contributed by atoms with E-state index in [9.17, 15) is 9.36 Å². The number of carbonyl (C=O) groups excluding carboxylic acids is 1. The second-order valence-electron chi connectivity index (χ2n) is 8.53. The Hall–Kier alpha value is -0.840. The lowest BCUT2D eigenvalue weighted by Crippen LogP contribution is -2.10. The molecule has 0 aliphatic carbocycles. The lowest BCUT2D eigenvalue weighted by Gasteiger charge is -2.17. The van der Waals surface area contributed by atoms with Crippen molar-refractivity contribution >= 4 is 13.8 Å². The van der Waals surface area contributed by atoms with Crippen molar-refractivity contribution in [2.75, 3.05) is 19.8 Å². The highest BCUT2D eigenvalue weighted by molar-refractivity contribution is 7.48. The fourth-order valence-electron chi connectivity index (χ4n) is 4.03. The number of hydrogen-bond donors (Lipinski definition) is 0. The summed E-state index contributed by atoms with van der Waals surface area (Å²) in [6, 6.07) is 0. The Balaban J connectivity index is 1.45. The van der Waals surface area contributed by atoms with Gasteiger partial charge in [-0.25, -0.2) is 9.36 Å². The van der Waals surface area contributed by atoms with Crippen LogP contribution >= 0.6 is 7.82 Å². The summed E-state index contributed by atoms with van der Waals surface area (Å²) in [5.74, 6) is -0.344. The van der Waals surface area contributed by atoms with E-state index in [1.165, 1.54) is 77.0 Å². The van der Waals surface area contributed by atoms with Crippen LogP contribution in [0.25, 0.3) is 0 Å². The van der Waals surface area contributed by atoms with Gasteiger partial charge in [0.05, 0.1) is 24.7 Å². The third kappa shape index (κ3) is 9.11. The largest absolute Gasteiger partial charge is 0.529 e. The van der Waals surface area contributed by atoms with Crippen LogP contribution in [0.3, 0.4) is 0 Å². The molecule has 30 heavy (non-hydrogen) atoms. The van der Waals surface area contributed by atoms with Gasteiger partial charge in [-0.05, 0) is 13.3 Å². The Morgan fingerprint density at radius 1 is 0.867 bits per heavy atom. The highest BCUT2D eigenvalue weighted by Gasteiger charge is 2.42. The first kappa shape index (κ1) is 25.4.